The third-order valence-electron chi connectivity index (χ3n) is 4.51. The van der Waals surface area contributed by atoms with Crippen LogP contribution in [0.25, 0.3) is 0 Å². The highest BCUT2D eigenvalue weighted by molar-refractivity contribution is 5.85. The zero-order valence-electron chi connectivity index (χ0n) is 15.1. The summed E-state index contributed by atoms with van der Waals surface area (Å²) in [5.41, 5.74) is 1.48. The first-order valence-electron chi connectivity index (χ1n) is 8.82. The summed E-state index contributed by atoms with van der Waals surface area (Å²) >= 11 is 0. The third kappa shape index (κ3) is 4.79. The summed E-state index contributed by atoms with van der Waals surface area (Å²) < 4.78 is 5.33. The van der Waals surface area contributed by atoms with E-state index in [1.54, 1.807) is 17.9 Å². The van der Waals surface area contributed by atoms with Crippen LogP contribution in [0.1, 0.15) is 11.1 Å². The second kappa shape index (κ2) is 8.59. The van der Waals surface area contributed by atoms with E-state index >= 15 is 0 Å². The number of amides is 1. The lowest BCUT2D eigenvalue weighted by Gasteiger charge is -2.31. The van der Waals surface area contributed by atoms with Gasteiger partial charge >= 0.3 is 0 Å². The number of morpholine rings is 1. The summed E-state index contributed by atoms with van der Waals surface area (Å²) in [7, 11) is 0. The first-order valence-corrected chi connectivity index (χ1v) is 8.82. The highest BCUT2D eigenvalue weighted by Crippen LogP contribution is 2.20. The highest BCUT2D eigenvalue weighted by atomic mass is 16.6. The molecule has 8 nitrogen and oxygen atoms in total. The minimum atomic E-state index is -0.515. The van der Waals surface area contributed by atoms with Crippen LogP contribution in [0.5, 0.6) is 0 Å². The predicted molar refractivity (Wildman–Crippen MR) is 101 cm³/mol. The first-order chi connectivity index (χ1) is 13.0. The molecule has 1 aliphatic rings. The molecule has 0 bridgehead atoms. The zero-order valence-corrected chi connectivity index (χ0v) is 15.1. The van der Waals surface area contributed by atoms with Crippen molar-refractivity contribution in [2.45, 2.75) is 19.4 Å². The van der Waals surface area contributed by atoms with Crippen LogP contribution < -0.4 is 5.32 Å². The molecule has 1 unspecified atom stereocenters. The molecule has 1 saturated heterocycles. The Kier molecular flexibility index (Phi) is 5.97. The van der Waals surface area contributed by atoms with Crippen molar-refractivity contribution in [3.8, 4) is 0 Å². The van der Waals surface area contributed by atoms with Gasteiger partial charge in [-0.3, -0.25) is 14.9 Å². The molecular formula is C19H22N4O4. The number of nitro groups is 1. The van der Waals surface area contributed by atoms with Gasteiger partial charge in [0.15, 0.2) is 0 Å². The number of anilines is 1. The molecule has 8 heteroatoms. The molecule has 1 aromatic heterocycles. The van der Waals surface area contributed by atoms with Crippen LogP contribution in [-0.4, -0.2) is 53.1 Å². The van der Waals surface area contributed by atoms with E-state index in [-0.39, 0.29) is 11.6 Å². The minimum absolute atomic E-state index is 0.0278. The molecule has 0 saturated carbocycles. The van der Waals surface area contributed by atoms with Gasteiger partial charge < -0.3 is 15.0 Å². The number of rotatable bonds is 6. The number of hydrogen-bond acceptors (Lipinski definition) is 6. The quantitative estimate of drug-likeness (QED) is 0.618. The number of ether oxygens (including phenoxy) is 1. The van der Waals surface area contributed by atoms with Gasteiger partial charge in [-0.1, -0.05) is 30.3 Å². The number of pyridine rings is 1. The Morgan fingerprint density at radius 1 is 1.33 bits per heavy atom. The van der Waals surface area contributed by atoms with Gasteiger partial charge in [-0.15, -0.1) is 0 Å². The van der Waals surface area contributed by atoms with Crippen molar-refractivity contribution < 1.29 is 14.5 Å². The van der Waals surface area contributed by atoms with Crippen molar-refractivity contribution in [1.82, 2.24) is 9.88 Å². The predicted octanol–water partition coefficient (Wildman–Crippen LogP) is 2.18. The van der Waals surface area contributed by atoms with E-state index in [0.29, 0.717) is 44.1 Å². The van der Waals surface area contributed by atoms with Crippen LogP contribution in [0.2, 0.25) is 0 Å². The third-order valence-corrected chi connectivity index (χ3v) is 4.51. The molecule has 0 radical (unpaired) electrons. The van der Waals surface area contributed by atoms with Gasteiger partial charge in [0.25, 0.3) is 5.69 Å². The summed E-state index contributed by atoms with van der Waals surface area (Å²) in [5.74, 6) is 0.417. The largest absolute Gasteiger partial charge is 0.378 e. The Hall–Kier alpha value is -3.00. The van der Waals surface area contributed by atoms with Gasteiger partial charge in [0.05, 0.1) is 18.1 Å². The lowest BCUT2D eigenvalue weighted by atomic mass is 10.0. The van der Waals surface area contributed by atoms with Crippen molar-refractivity contribution in [2.24, 2.45) is 0 Å². The Balaban J connectivity index is 1.81. The molecule has 1 atom stereocenters. The molecule has 1 N–H and O–H groups in total. The fourth-order valence-electron chi connectivity index (χ4n) is 3.05. The second-order valence-electron chi connectivity index (χ2n) is 6.44. The van der Waals surface area contributed by atoms with E-state index in [4.69, 9.17) is 4.74 Å². The molecule has 3 rings (SSSR count). The van der Waals surface area contributed by atoms with Gasteiger partial charge in [-0.05, 0) is 18.6 Å². The molecule has 1 aromatic carbocycles. The topological polar surface area (TPSA) is 97.6 Å². The lowest BCUT2D eigenvalue weighted by Crippen LogP contribution is -2.48. The Labute approximate surface area is 157 Å². The second-order valence-corrected chi connectivity index (χ2v) is 6.44. The fourth-order valence-corrected chi connectivity index (χ4v) is 3.05. The molecular weight excluding hydrogens is 348 g/mol. The van der Waals surface area contributed by atoms with Gasteiger partial charge in [0, 0.05) is 25.1 Å². The van der Waals surface area contributed by atoms with Gasteiger partial charge in [-0.2, -0.15) is 0 Å². The number of aryl methyl sites for hydroxylation is 1. The van der Waals surface area contributed by atoms with Crippen LogP contribution in [0.15, 0.2) is 42.6 Å². The molecule has 0 spiro atoms. The summed E-state index contributed by atoms with van der Waals surface area (Å²) in [6.45, 7) is 3.81. The molecule has 2 heterocycles. The van der Waals surface area contributed by atoms with Crippen molar-refractivity contribution >= 4 is 17.4 Å². The number of carbonyl (C=O) groups is 1. The number of hydrogen-bond donors (Lipinski definition) is 1. The van der Waals surface area contributed by atoms with Crippen molar-refractivity contribution in [3.63, 3.8) is 0 Å². The summed E-state index contributed by atoms with van der Waals surface area (Å²) in [4.78, 5) is 29.5. The molecule has 1 fully saturated rings. The van der Waals surface area contributed by atoms with E-state index < -0.39 is 11.0 Å². The monoisotopic (exact) mass is 370 g/mol. The number of carbonyl (C=O) groups excluding carboxylic acids is 1. The molecule has 27 heavy (non-hydrogen) atoms. The van der Waals surface area contributed by atoms with Crippen molar-refractivity contribution in [3.05, 3.63) is 63.8 Å². The van der Waals surface area contributed by atoms with Gasteiger partial charge in [0.2, 0.25) is 5.91 Å². The average molecular weight is 370 g/mol. The molecule has 0 aliphatic carbocycles. The average Bonchev–Trinajstić information content (AvgIpc) is 2.68. The van der Waals surface area contributed by atoms with Crippen LogP contribution >= 0.6 is 0 Å². The number of benzene rings is 1. The van der Waals surface area contributed by atoms with Gasteiger partial charge in [-0.25, -0.2) is 4.98 Å². The van der Waals surface area contributed by atoms with Crippen LogP contribution in [-0.2, 0) is 16.0 Å². The Morgan fingerprint density at radius 3 is 2.67 bits per heavy atom. The Bertz CT molecular complexity index is 807. The molecule has 1 aliphatic heterocycles. The number of aromatic nitrogens is 1. The molecule has 142 valence electrons. The normalized spacial score (nSPS) is 15.2. The maximum Gasteiger partial charge on any atom is 0.290 e. The molecule has 2 aromatic rings. The fraction of sp³-hybridized carbons (Fsp3) is 0.368. The van der Waals surface area contributed by atoms with E-state index in [1.807, 2.05) is 30.3 Å². The molecule has 1 amide bonds. The van der Waals surface area contributed by atoms with E-state index in [2.05, 4.69) is 10.3 Å². The Morgan fingerprint density at radius 2 is 2.04 bits per heavy atom. The van der Waals surface area contributed by atoms with Gasteiger partial charge in [0.1, 0.15) is 18.1 Å². The van der Waals surface area contributed by atoms with Crippen LogP contribution in [0.3, 0.4) is 0 Å². The summed E-state index contributed by atoms with van der Waals surface area (Å²) in [5, 5.41) is 14.1. The minimum Gasteiger partial charge on any atom is -0.378 e. The van der Waals surface area contributed by atoms with Crippen LogP contribution in [0, 0.1) is 17.0 Å². The number of nitrogens with zero attached hydrogens (tertiary/aromatic N) is 3. The SMILES string of the molecule is Cc1cc(NC(Cc2ccccc2)C(=O)N2CCOCC2)ncc1[N+](=O)[O-]. The smallest absolute Gasteiger partial charge is 0.290 e. The van der Waals surface area contributed by atoms with E-state index in [1.165, 1.54) is 6.20 Å². The standard InChI is InChI=1S/C19H22N4O4/c1-14-11-18(20-13-17(14)23(25)26)21-16(12-15-5-3-2-4-6-15)19(24)22-7-9-27-10-8-22/h2-6,11,13,16H,7-10,12H2,1H3,(H,20,21). The number of nitrogens with one attached hydrogen (secondary N) is 1. The zero-order chi connectivity index (χ0) is 19.2. The van der Waals surface area contributed by atoms with E-state index in [0.717, 1.165) is 5.56 Å². The maximum atomic E-state index is 13.0. The van der Waals surface area contributed by atoms with E-state index in [9.17, 15) is 14.9 Å². The first kappa shape index (κ1) is 18.8. The van der Waals surface area contributed by atoms with Crippen molar-refractivity contribution in [1.29, 1.82) is 0 Å². The van der Waals surface area contributed by atoms with Crippen LogP contribution in [0.4, 0.5) is 11.5 Å². The highest BCUT2D eigenvalue weighted by Gasteiger charge is 2.26. The summed E-state index contributed by atoms with van der Waals surface area (Å²) in [6.07, 6.45) is 1.71. The van der Waals surface area contributed by atoms with Crippen molar-refractivity contribution in [2.75, 3.05) is 31.6 Å². The lowest BCUT2D eigenvalue weighted by molar-refractivity contribution is -0.385. The summed E-state index contributed by atoms with van der Waals surface area (Å²) in [6, 6.07) is 10.8. The maximum absolute atomic E-state index is 13.0.